The van der Waals surface area contributed by atoms with Crippen LogP contribution in [0.5, 0.6) is 11.5 Å². The van der Waals surface area contributed by atoms with E-state index in [-0.39, 0.29) is 12.0 Å². The van der Waals surface area contributed by atoms with Crippen molar-refractivity contribution in [1.29, 1.82) is 0 Å². The molecule has 4 heteroatoms. The van der Waals surface area contributed by atoms with E-state index in [1.165, 1.54) is 0 Å². The van der Waals surface area contributed by atoms with E-state index in [0.717, 1.165) is 50.3 Å². The molecular weight excluding hydrogens is 242 g/mol. The molecule has 3 rings (SSSR count). The second-order valence-corrected chi connectivity index (χ2v) is 5.27. The van der Waals surface area contributed by atoms with Gasteiger partial charge in [-0.2, -0.15) is 0 Å². The Kier molecular flexibility index (Phi) is 3.69. The van der Waals surface area contributed by atoms with E-state index in [1.807, 2.05) is 24.3 Å². The summed E-state index contributed by atoms with van der Waals surface area (Å²) in [6, 6.07) is 7.79. The highest BCUT2D eigenvalue weighted by molar-refractivity contribution is 5.53. The SMILES string of the molecule is O=CC1CCN(CC2COc3ccccc3O2)CC1. The number of piperidine rings is 1. The number of hydrogen-bond donors (Lipinski definition) is 0. The minimum absolute atomic E-state index is 0.0858. The molecule has 0 bridgehead atoms. The van der Waals surface area contributed by atoms with E-state index < -0.39 is 0 Å². The van der Waals surface area contributed by atoms with Crippen molar-refractivity contribution in [1.82, 2.24) is 4.90 Å². The van der Waals surface area contributed by atoms with Crippen LogP contribution in [0.3, 0.4) is 0 Å². The highest BCUT2D eigenvalue weighted by atomic mass is 16.6. The molecule has 2 aliphatic heterocycles. The van der Waals surface area contributed by atoms with Gasteiger partial charge in [-0.1, -0.05) is 12.1 Å². The van der Waals surface area contributed by atoms with Gasteiger partial charge in [0, 0.05) is 12.5 Å². The summed E-state index contributed by atoms with van der Waals surface area (Å²) in [6.45, 7) is 3.43. The highest BCUT2D eigenvalue weighted by Gasteiger charge is 2.25. The van der Waals surface area contributed by atoms with E-state index in [4.69, 9.17) is 9.47 Å². The normalized spacial score (nSPS) is 24.1. The molecule has 0 saturated carbocycles. The number of carbonyl (C=O) groups is 1. The van der Waals surface area contributed by atoms with Crippen molar-refractivity contribution in [2.75, 3.05) is 26.2 Å². The fourth-order valence-electron chi connectivity index (χ4n) is 2.71. The summed E-state index contributed by atoms with van der Waals surface area (Å²) in [5, 5.41) is 0. The van der Waals surface area contributed by atoms with Gasteiger partial charge in [0.2, 0.25) is 0 Å². The first kappa shape index (κ1) is 12.5. The van der Waals surface area contributed by atoms with Crippen molar-refractivity contribution in [3.8, 4) is 11.5 Å². The maximum Gasteiger partial charge on any atom is 0.161 e. The number of aldehydes is 1. The van der Waals surface area contributed by atoms with Crippen LogP contribution in [0.15, 0.2) is 24.3 Å². The van der Waals surface area contributed by atoms with Crippen molar-refractivity contribution in [2.45, 2.75) is 18.9 Å². The molecule has 0 aliphatic carbocycles. The van der Waals surface area contributed by atoms with Crippen LogP contribution in [0.25, 0.3) is 0 Å². The Bertz CT molecular complexity index is 441. The third-order valence-electron chi connectivity index (χ3n) is 3.85. The van der Waals surface area contributed by atoms with Crippen LogP contribution in [-0.2, 0) is 4.79 Å². The molecule has 0 aromatic heterocycles. The minimum atomic E-state index is 0.0858. The molecule has 0 spiro atoms. The number of rotatable bonds is 3. The molecule has 102 valence electrons. The predicted molar refractivity (Wildman–Crippen MR) is 71.6 cm³/mol. The van der Waals surface area contributed by atoms with Crippen LogP contribution in [0, 0.1) is 5.92 Å². The Balaban J connectivity index is 1.54. The first-order chi connectivity index (χ1) is 9.35. The molecule has 1 atom stereocenters. The molecule has 0 radical (unpaired) electrons. The molecule has 0 N–H and O–H groups in total. The molecule has 0 amide bonds. The van der Waals surface area contributed by atoms with Gasteiger partial charge in [-0.25, -0.2) is 0 Å². The van der Waals surface area contributed by atoms with Crippen molar-refractivity contribution in [2.24, 2.45) is 5.92 Å². The first-order valence-corrected chi connectivity index (χ1v) is 6.91. The largest absolute Gasteiger partial charge is 0.486 e. The Labute approximate surface area is 113 Å². The number of benzene rings is 1. The maximum absolute atomic E-state index is 10.7. The van der Waals surface area contributed by atoms with Crippen molar-refractivity contribution in [3.63, 3.8) is 0 Å². The van der Waals surface area contributed by atoms with E-state index >= 15 is 0 Å². The zero-order valence-corrected chi connectivity index (χ0v) is 11.0. The predicted octanol–water partition coefficient (Wildman–Crippen LogP) is 1.74. The summed E-state index contributed by atoms with van der Waals surface area (Å²) in [4.78, 5) is 13.1. The van der Waals surface area contributed by atoms with E-state index in [2.05, 4.69) is 4.90 Å². The van der Waals surface area contributed by atoms with Gasteiger partial charge in [-0.05, 0) is 38.1 Å². The molecule has 19 heavy (non-hydrogen) atoms. The second kappa shape index (κ2) is 5.61. The summed E-state index contributed by atoms with van der Waals surface area (Å²) in [5.41, 5.74) is 0. The average Bonchev–Trinajstić information content (AvgIpc) is 2.48. The van der Waals surface area contributed by atoms with Crippen LogP contribution in [0.2, 0.25) is 0 Å². The number of carbonyl (C=O) groups excluding carboxylic acids is 1. The second-order valence-electron chi connectivity index (χ2n) is 5.27. The Hall–Kier alpha value is -1.55. The topological polar surface area (TPSA) is 38.8 Å². The lowest BCUT2D eigenvalue weighted by molar-refractivity contribution is -0.112. The molecule has 1 unspecified atom stereocenters. The summed E-state index contributed by atoms with van der Waals surface area (Å²) >= 11 is 0. The average molecular weight is 261 g/mol. The van der Waals surface area contributed by atoms with Gasteiger partial charge in [0.15, 0.2) is 11.5 Å². The van der Waals surface area contributed by atoms with Crippen molar-refractivity contribution >= 4 is 6.29 Å². The number of likely N-dealkylation sites (tertiary alicyclic amines) is 1. The Morgan fingerprint density at radius 2 is 1.95 bits per heavy atom. The fraction of sp³-hybridized carbons (Fsp3) is 0.533. The van der Waals surface area contributed by atoms with Crippen LogP contribution in [0.4, 0.5) is 0 Å². The van der Waals surface area contributed by atoms with Gasteiger partial charge in [-0.15, -0.1) is 0 Å². The summed E-state index contributed by atoms with van der Waals surface area (Å²) in [5.74, 6) is 1.92. The quantitative estimate of drug-likeness (QED) is 0.777. The molecule has 2 heterocycles. The number of para-hydroxylation sites is 2. The van der Waals surface area contributed by atoms with Crippen LogP contribution in [-0.4, -0.2) is 43.5 Å². The molecular formula is C15H19NO3. The third kappa shape index (κ3) is 2.89. The monoisotopic (exact) mass is 261 g/mol. The highest BCUT2D eigenvalue weighted by Crippen LogP contribution is 2.31. The third-order valence-corrected chi connectivity index (χ3v) is 3.85. The Morgan fingerprint density at radius 3 is 2.68 bits per heavy atom. The van der Waals surface area contributed by atoms with Crippen molar-refractivity contribution in [3.05, 3.63) is 24.3 Å². The lowest BCUT2D eigenvalue weighted by Gasteiger charge is -2.34. The van der Waals surface area contributed by atoms with Crippen LogP contribution >= 0.6 is 0 Å². The number of nitrogens with zero attached hydrogens (tertiary/aromatic N) is 1. The zero-order valence-electron chi connectivity index (χ0n) is 11.0. The molecule has 1 saturated heterocycles. The molecule has 4 nitrogen and oxygen atoms in total. The molecule has 1 aromatic rings. The van der Waals surface area contributed by atoms with Crippen LogP contribution in [0.1, 0.15) is 12.8 Å². The first-order valence-electron chi connectivity index (χ1n) is 6.91. The van der Waals surface area contributed by atoms with Gasteiger partial charge >= 0.3 is 0 Å². The number of hydrogen-bond acceptors (Lipinski definition) is 4. The van der Waals surface area contributed by atoms with Gasteiger partial charge < -0.3 is 14.3 Å². The lowest BCUT2D eigenvalue weighted by atomic mass is 9.98. The zero-order chi connectivity index (χ0) is 13.1. The standard InChI is InChI=1S/C15H19NO3/c17-10-12-5-7-16(8-6-12)9-13-11-18-14-3-1-2-4-15(14)19-13/h1-4,10,12-13H,5-9,11H2. The van der Waals surface area contributed by atoms with Crippen LogP contribution < -0.4 is 9.47 Å². The molecule has 2 aliphatic rings. The van der Waals surface area contributed by atoms with Gasteiger partial charge in [0.1, 0.15) is 19.0 Å². The van der Waals surface area contributed by atoms with Gasteiger partial charge in [0.05, 0.1) is 0 Å². The molecule has 1 fully saturated rings. The van der Waals surface area contributed by atoms with E-state index in [1.54, 1.807) is 0 Å². The number of fused-ring (bicyclic) bond motifs is 1. The maximum atomic E-state index is 10.7. The smallest absolute Gasteiger partial charge is 0.161 e. The van der Waals surface area contributed by atoms with Gasteiger partial charge in [-0.3, -0.25) is 4.90 Å². The summed E-state index contributed by atoms with van der Waals surface area (Å²) in [6.07, 6.45) is 3.11. The fourth-order valence-corrected chi connectivity index (χ4v) is 2.71. The minimum Gasteiger partial charge on any atom is -0.486 e. The van der Waals surface area contributed by atoms with Crippen molar-refractivity contribution < 1.29 is 14.3 Å². The van der Waals surface area contributed by atoms with E-state index in [0.29, 0.717) is 6.61 Å². The lowest BCUT2D eigenvalue weighted by Crippen LogP contribution is -2.44. The molecule has 1 aromatic carbocycles. The van der Waals surface area contributed by atoms with E-state index in [9.17, 15) is 4.79 Å². The van der Waals surface area contributed by atoms with Gasteiger partial charge in [0.25, 0.3) is 0 Å². The Morgan fingerprint density at radius 1 is 1.21 bits per heavy atom. The number of ether oxygens (including phenoxy) is 2. The summed E-state index contributed by atoms with van der Waals surface area (Å²) < 4.78 is 11.7. The summed E-state index contributed by atoms with van der Waals surface area (Å²) in [7, 11) is 0.